The number of carbonyl (C=O) groups is 2. The number of hydrogen-bond acceptors (Lipinski definition) is 5. The molecule has 0 saturated heterocycles. The lowest BCUT2D eigenvalue weighted by Crippen LogP contribution is -2.45. The maximum atomic E-state index is 12.2. The number of amides is 2. The second-order valence-electron chi connectivity index (χ2n) is 6.83. The van der Waals surface area contributed by atoms with Crippen molar-refractivity contribution in [1.82, 2.24) is 15.5 Å². The van der Waals surface area contributed by atoms with Gasteiger partial charge in [-0.1, -0.05) is 30.3 Å². The van der Waals surface area contributed by atoms with Crippen LogP contribution in [0.25, 0.3) is 0 Å². The minimum absolute atomic E-state index is 0.0543. The Bertz CT molecular complexity index is 779. The van der Waals surface area contributed by atoms with E-state index in [0.717, 1.165) is 19.5 Å². The van der Waals surface area contributed by atoms with Crippen LogP contribution in [0.3, 0.4) is 0 Å². The molecule has 7 heteroatoms. The lowest BCUT2D eigenvalue weighted by atomic mass is 9.98. The molecule has 2 heterocycles. The molecular weight excluding hydrogens is 374 g/mol. The SMILES string of the molecule is COCCCNC(=O)C(=O)NC[C@H](c1cccs1)N1CCc2ccccc2C1. The van der Waals surface area contributed by atoms with Gasteiger partial charge in [0.1, 0.15) is 0 Å². The van der Waals surface area contributed by atoms with Crippen molar-refractivity contribution in [2.75, 3.05) is 33.4 Å². The van der Waals surface area contributed by atoms with Crippen molar-refractivity contribution in [3.8, 4) is 0 Å². The molecule has 0 saturated carbocycles. The van der Waals surface area contributed by atoms with Gasteiger partial charge in [-0.2, -0.15) is 0 Å². The van der Waals surface area contributed by atoms with Crippen molar-refractivity contribution >= 4 is 23.2 Å². The molecule has 0 unspecified atom stereocenters. The van der Waals surface area contributed by atoms with Crippen molar-refractivity contribution in [3.05, 3.63) is 57.8 Å². The molecule has 0 spiro atoms. The zero-order valence-electron chi connectivity index (χ0n) is 16.1. The van der Waals surface area contributed by atoms with E-state index in [2.05, 4.69) is 45.9 Å². The van der Waals surface area contributed by atoms with Gasteiger partial charge < -0.3 is 15.4 Å². The molecule has 0 aliphatic carbocycles. The van der Waals surface area contributed by atoms with E-state index < -0.39 is 11.8 Å². The van der Waals surface area contributed by atoms with Crippen LogP contribution in [0.4, 0.5) is 0 Å². The summed E-state index contributed by atoms with van der Waals surface area (Å²) >= 11 is 1.68. The number of ether oxygens (including phenoxy) is 1. The van der Waals surface area contributed by atoms with Crippen LogP contribution in [-0.4, -0.2) is 50.1 Å². The zero-order chi connectivity index (χ0) is 19.8. The third-order valence-corrected chi connectivity index (χ3v) is 5.92. The number of benzene rings is 1. The summed E-state index contributed by atoms with van der Waals surface area (Å²) in [5, 5.41) is 7.49. The van der Waals surface area contributed by atoms with Gasteiger partial charge in [0.25, 0.3) is 0 Å². The van der Waals surface area contributed by atoms with Crippen LogP contribution in [0, 0.1) is 0 Å². The Kier molecular flexibility index (Phi) is 7.59. The van der Waals surface area contributed by atoms with Crippen molar-refractivity contribution in [2.45, 2.75) is 25.4 Å². The summed E-state index contributed by atoms with van der Waals surface area (Å²) < 4.78 is 4.94. The van der Waals surface area contributed by atoms with Gasteiger partial charge in [0, 0.05) is 44.8 Å². The number of methoxy groups -OCH3 is 1. The molecule has 1 aromatic carbocycles. The molecule has 150 valence electrons. The van der Waals surface area contributed by atoms with Crippen LogP contribution in [-0.2, 0) is 27.3 Å². The normalized spacial score (nSPS) is 14.9. The highest BCUT2D eigenvalue weighted by atomic mass is 32.1. The highest BCUT2D eigenvalue weighted by Crippen LogP contribution is 2.29. The number of fused-ring (bicyclic) bond motifs is 1. The zero-order valence-corrected chi connectivity index (χ0v) is 17.0. The van der Waals surface area contributed by atoms with Crippen LogP contribution >= 0.6 is 11.3 Å². The summed E-state index contributed by atoms with van der Waals surface area (Å²) in [5.41, 5.74) is 2.72. The highest BCUT2D eigenvalue weighted by Gasteiger charge is 2.26. The van der Waals surface area contributed by atoms with E-state index in [1.165, 1.54) is 16.0 Å². The molecule has 1 atom stereocenters. The Labute approximate surface area is 169 Å². The first-order valence-corrected chi connectivity index (χ1v) is 10.5. The molecule has 1 aromatic heterocycles. The standard InChI is InChI=1S/C21H27N3O3S/c1-27-12-5-10-22-20(25)21(26)23-14-18(19-8-4-13-28-19)24-11-9-16-6-2-3-7-17(16)15-24/h2-4,6-8,13,18H,5,9-12,14-15H2,1H3,(H,22,25)(H,23,26)/t18-/m1/s1. The van der Waals surface area contributed by atoms with Crippen LogP contribution in [0.5, 0.6) is 0 Å². The number of rotatable bonds is 8. The van der Waals surface area contributed by atoms with E-state index in [1.54, 1.807) is 18.4 Å². The third-order valence-electron chi connectivity index (χ3n) is 4.95. The second-order valence-corrected chi connectivity index (χ2v) is 7.81. The minimum atomic E-state index is -0.593. The van der Waals surface area contributed by atoms with Crippen LogP contribution in [0.2, 0.25) is 0 Å². The summed E-state index contributed by atoms with van der Waals surface area (Å²) in [4.78, 5) is 27.7. The van der Waals surface area contributed by atoms with Gasteiger partial charge in [0.05, 0.1) is 6.04 Å². The molecule has 2 aromatic rings. The van der Waals surface area contributed by atoms with Gasteiger partial charge in [-0.3, -0.25) is 14.5 Å². The largest absolute Gasteiger partial charge is 0.385 e. The molecule has 0 bridgehead atoms. The van der Waals surface area contributed by atoms with E-state index in [4.69, 9.17) is 4.74 Å². The number of thiophene rings is 1. The van der Waals surface area contributed by atoms with Crippen LogP contribution in [0.15, 0.2) is 41.8 Å². The minimum Gasteiger partial charge on any atom is -0.385 e. The molecule has 3 rings (SSSR count). The van der Waals surface area contributed by atoms with Crippen LogP contribution < -0.4 is 10.6 Å². The van der Waals surface area contributed by atoms with E-state index in [1.807, 2.05) is 11.4 Å². The molecule has 0 radical (unpaired) electrons. The summed E-state index contributed by atoms with van der Waals surface area (Å²) in [5.74, 6) is -1.18. The quantitative estimate of drug-likeness (QED) is 0.525. The average Bonchev–Trinajstić information content (AvgIpc) is 3.25. The van der Waals surface area contributed by atoms with Gasteiger partial charge >= 0.3 is 11.8 Å². The number of nitrogens with zero attached hydrogens (tertiary/aromatic N) is 1. The van der Waals surface area contributed by atoms with E-state index in [0.29, 0.717) is 26.1 Å². The average molecular weight is 402 g/mol. The summed E-state index contributed by atoms with van der Waals surface area (Å²) in [6.07, 6.45) is 1.67. The fourth-order valence-electron chi connectivity index (χ4n) is 3.44. The molecule has 6 nitrogen and oxygen atoms in total. The first kappa shape index (κ1) is 20.5. The van der Waals surface area contributed by atoms with Crippen molar-refractivity contribution in [1.29, 1.82) is 0 Å². The molecule has 2 amide bonds. The molecule has 28 heavy (non-hydrogen) atoms. The third kappa shape index (κ3) is 5.41. The Morgan fingerprint density at radius 3 is 2.68 bits per heavy atom. The fourth-order valence-corrected chi connectivity index (χ4v) is 4.30. The molecule has 2 N–H and O–H groups in total. The van der Waals surface area contributed by atoms with E-state index in [-0.39, 0.29) is 6.04 Å². The van der Waals surface area contributed by atoms with Crippen molar-refractivity contribution < 1.29 is 14.3 Å². The van der Waals surface area contributed by atoms with Gasteiger partial charge in [-0.25, -0.2) is 0 Å². The predicted molar refractivity (Wildman–Crippen MR) is 110 cm³/mol. The Morgan fingerprint density at radius 1 is 1.14 bits per heavy atom. The summed E-state index contributed by atoms with van der Waals surface area (Å²) in [7, 11) is 1.61. The molecular formula is C21H27N3O3S. The number of carbonyl (C=O) groups excluding carboxylic acids is 2. The predicted octanol–water partition coefficient (Wildman–Crippen LogP) is 2.12. The summed E-state index contributed by atoms with van der Waals surface area (Å²) in [6, 6.07) is 12.7. The second kappa shape index (κ2) is 10.4. The number of hydrogen-bond donors (Lipinski definition) is 2. The Hall–Kier alpha value is -2.22. The lowest BCUT2D eigenvalue weighted by Gasteiger charge is -2.35. The monoisotopic (exact) mass is 401 g/mol. The first-order valence-electron chi connectivity index (χ1n) is 9.58. The van der Waals surface area contributed by atoms with Gasteiger partial charge in [0.2, 0.25) is 0 Å². The summed E-state index contributed by atoms with van der Waals surface area (Å²) in [6.45, 7) is 3.17. The topological polar surface area (TPSA) is 70.7 Å². The Balaban J connectivity index is 1.59. The number of nitrogens with one attached hydrogen (secondary N) is 2. The Morgan fingerprint density at radius 2 is 1.93 bits per heavy atom. The lowest BCUT2D eigenvalue weighted by molar-refractivity contribution is -0.139. The maximum absolute atomic E-state index is 12.2. The molecule has 0 fully saturated rings. The molecule has 1 aliphatic rings. The maximum Gasteiger partial charge on any atom is 0.309 e. The van der Waals surface area contributed by atoms with Gasteiger partial charge in [-0.05, 0) is 35.4 Å². The molecule has 1 aliphatic heterocycles. The fraction of sp³-hybridized carbons (Fsp3) is 0.429. The highest BCUT2D eigenvalue weighted by molar-refractivity contribution is 7.10. The first-order chi connectivity index (χ1) is 13.7. The van der Waals surface area contributed by atoms with E-state index in [9.17, 15) is 9.59 Å². The van der Waals surface area contributed by atoms with Crippen molar-refractivity contribution in [2.24, 2.45) is 0 Å². The van der Waals surface area contributed by atoms with Crippen molar-refractivity contribution in [3.63, 3.8) is 0 Å². The van der Waals surface area contributed by atoms with Gasteiger partial charge in [-0.15, -0.1) is 11.3 Å². The van der Waals surface area contributed by atoms with E-state index >= 15 is 0 Å². The van der Waals surface area contributed by atoms with Crippen LogP contribution in [0.1, 0.15) is 28.5 Å². The smallest absolute Gasteiger partial charge is 0.309 e. The van der Waals surface area contributed by atoms with Gasteiger partial charge in [0.15, 0.2) is 0 Å².